The van der Waals surface area contributed by atoms with E-state index >= 15 is 0 Å². The van der Waals surface area contributed by atoms with Crippen LogP contribution in [-0.2, 0) is 6.42 Å². The molecule has 0 nitrogen and oxygen atoms in total. The smallest absolute Gasteiger partial charge is 0.0194 e. The lowest BCUT2D eigenvalue weighted by Gasteiger charge is -2.05. The first-order chi connectivity index (χ1) is 5.83. The molecule has 1 rings (SSSR count). The van der Waals surface area contributed by atoms with E-state index in [1.54, 1.807) is 0 Å². The second-order valence-corrected chi connectivity index (χ2v) is 5.83. The lowest BCUT2D eigenvalue weighted by atomic mass is 10.2. The number of halogens is 2. The van der Waals surface area contributed by atoms with Gasteiger partial charge in [0, 0.05) is 15.0 Å². The molecule has 0 saturated carbocycles. The normalized spacial score (nSPS) is 13.2. The van der Waals surface area contributed by atoms with Crippen LogP contribution in [0.3, 0.4) is 0 Å². The highest BCUT2D eigenvalue weighted by atomic mass is 79.9. The van der Waals surface area contributed by atoms with E-state index in [1.807, 2.05) is 11.3 Å². The molecule has 1 heterocycles. The maximum absolute atomic E-state index is 3.69. The minimum atomic E-state index is 0.647. The van der Waals surface area contributed by atoms with E-state index in [0.29, 0.717) is 4.83 Å². The molecule has 0 radical (unpaired) electrons. The van der Waals surface area contributed by atoms with Crippen LogP contribution < -0.4 is 0 Å². The summed E-state index contributed by atoms with van der Waals surface area (Å²) < 4.78 is 0. The van der Waals surface area contributed by atoms with Crippen LogP contribution >= 0.6 is 43.2 Å². The van der Waals surface area contributed by atoms with Crippen LogP contribution in [0.1, 0.15) is 17.7 Å². The monoisotopic (exact) mass is 310 g/mol. The molecule has 12 heavy (non-hydrogen) atoms. The van der Waals surface area contributed by atoms with Crippen molar-refractivity contribution in [1.82, 2.24) is 0 Å². The summed E-state index contributed by atoms with van der Waals surface area (Å²) in [4.78, 5) is 2.13. The Morgan fingerprint density at radius 2 is 2.33 bits per heavy atom. The van der Waals surface area contributed by atoms with Crippen molar-refractivity contribution in [3.8, 4) is 0 Å². The highest BCUT2D eigenvalue weighted by Gasteiger charge is 2.04. The number of alkyl halides is 2. The van der Waals surface area contributed by atoms with Crippen LogP contribution in [0.25, 0.3) is 0 Å². The number of hydrogen-bond acceptors (Lipinski definition) is 1. The Morgan fingerprint density at radius 1 is 1.50 bits per heavy atom. The predicted molar refractivity (Wildman–Crippen MR) is 63.8 cm³/mol. The third kappa shape index (κ3) is 4.06. The molecule has 0 aliphatic carbocycles. The fraction of sp³-hybridized carbons (Fsp3) is 0.556. The third-order valence-corrected chi connectivity index (χ3v) is 3.89. The van der Waals surface area contributed by atoms with Crippen molar-refractivity contribution in [2.45, 2.75) is 24.1 Å². The first-order valence-corrected chi connectivity index (χ1v) is 6.97. The molecule has 0 amide bonds. The van der Waals surface area contributed by atoms with Gasteiger partial charge in [0.25, 0.3) is 0 Å². The zero-order valence-electron chi connectivity index (χ0n) is 6.80. The Hall–Kier alpha value is 0.660. The zero-order chi connectivity index (χ0) is 8.81. The first kappa shape index (κ1) is 10.7. The summed E-state index contributed by atoms with van der Waals surface area (Å²) in [6.45, 7) is 0. The molecule has 1 atom stereocenters. The van der Waals surface area contributed by atoms with Crippen molar-refractivity contribution in [2.24, 2.45) is 0 Å². The molecular weight excluding hydrogens is 300 g/mol. The molecule has 3 heteroatoms. The molecule has 0 saturated heterocycles. The van der Waals surface area contributed by atoms with Gasteiger partial charge >= 0.3 is 0 Å². The largest absolute Gasteiger partial charge is 0.149 e. The minimum absolute atomic E-state index is 0.647. The Balaban J connectivity index is 2.22. The lowest BCUT2D eigenvalue weighted by Crippen LogP contribution is -2.01. The van der Waals surface area contributed by atoms with E-state index in [-0.39, 0.29) is 0 Å². The van der Waals surface area contributed by atoms with Gasteiger partial charge < -0.3 is 0 Å². The van der Waals surface area contributed by atoms with Crippen LogP contribution in [0.15, 0.2) is 17.5 Å². The van der Waals surface area contributed by atoms with Gasteiger partial charge in [0.05, 0.1) is 0 Å². The van der Waals surface area contributed by atoms with Crippen molar-refractivity contribution < 1.29 is 0 Å². The molecule has 0 aliphatic rings. The molecule has 0 spiro atoms. The molecule has 0 N–H and O–H groups in total. The molecule has 68 valence electrons. The van der Waals surface area contributed by atoms with Crippen molar-refractivity contribution in [2.75, 3.05) is 5.33 Å². The maximum atomic E-state index is 3.69. The topological polar surface area (TPSA) is 0 Å². The Bertz CT molecular complexity index is 196. The Kier molecular flexibility index (Phi) is 5.52. The molecule has 0 fully saturated rings. The van der Waals surface area contributed by atoms with Crippen LogP contribution in [0.4, 0.5) is 0 Å². The standard InChI is InChI=1S/C9H12Br2S/c10-5-1-3-8(11)7-9-4-2-6-12-9/h2,4,6,8H,1,3,5,7H2. The van der Waals surface area contributed by atoms with Crippen LogP contribution in [-0.4, -0.2) is 10.2 Å². The van der Waals surface area contributed by atoms with Crippen molar-refractivity contribution >= 4 is 43.2 Å². The van der Waals surface area contributed by atoms with Gasteiger partial charge in [-0.1, -0.05) is 37.9 Å². The second kappa shape index (κ2) is 6.17. The molecule has 1 unspecified atom stereocenters. The zero-order valence-corrected chi connectivity index (χ0v) is 10.8. The summed E-state index contributed by atoms with van der Waals surface area (Å²) >= 11 is 8.97. The van der Waals surface area contributed by atoms with Crippen molar-refractivity contribution in [3.63, 3.8) is 0 Å². The average molecular weight is 312 g/mol. The summed E-state index contributed by atoms with van der Waals surface area (Å²) in [6, 6.07) is 4.32. The number of rotatable bonds is 5. The van der Waals surface area contributed by atoms with Gasteiger partial charge in [0.15, 0.2) is 0 Å². The highest BCUT2D eigenvalue weighted by Crippen LogP contribution is 2.18. The molecule has 0 aliphatic heterocycles. The molecule has 0 bridgehead atoms. The summed E-state index contributed by atoms with van der Waals surface area (Å²) in [5, 5.41) is 3.25. The van der Waals surface area contributed by atoms with Crippen molar-refractivity contribution in [3.05, 3.63) is 22.4 Å². The van der Waals surface area contributed by atoms with E-state index in [0.717, 1.165) is 5.33 Å². The van der Waals surface area contributed by atoms with Gasteiger partial charge in [-0.3, -0.25) is 0 Å². The predicted octanol–water partition coefficient (Wildman–Crippen LogP) is 4.23. The van der Waals surface area contributed by atoms with E-state index in [9.17, 15) is 0 Å². The lowest BCUT2D eigenvalue weighted by molar-refractivity contribution is 0.758. The van der Waals surface area contributed by atoms with Gasteiger partial charge in [-0.25, -0.2) is 0 Å². The van der Waals surface area contributed by atoms with Crippen LogP contribution in [0.5, 0.6) is 0 Å². The van der Waals surface area contributed by atoms with E-state index in [2.05, 4.69) is 49.4 Å². The molecular formula is C9H12Br2S. The molecule has 1 aromatic rings. The fourth-order valence-corrected chi connectivity index (χ4v) is 3.04. The summed E-state index contributed by atoms with van der Waals surface area (Å²) in [5.41, 5.74) is 0. The fourth-order valence-electron chi connectivity index (χ4n) is 1.05. The number of hydrogen-bond donors (Lipinski definition) is 0. The summed E-state index contributed by atoms with van der Waals surface area (Å²) in [6.07, 6.45) is 3.68. The van der Waals surface area contributed by atoms with E-state index in [4.69, 9.17) is 0 Å². The van der Waals surface area contributed by atoms with Crippen molar-refractivity contribution in [1.29, 1.82) is 0 Å². The third-order valence-electron chi connectivity index (χ3n) is 1.65. The van der Waals surface area contributed by atoms with E-state index < -0.39 is 0 Å². The Morgan fingerprint density at radius 3 is 2.92 bits per heavy atom. The van der Waals surface area contributed by atoms with Gasteiger partial charge in [0.1, 0.15) is 0 Å². The first-order valence-electron chi connectivity index (χ1n) is 4.05. The van der Waals surface area contributed by atoms with Crippen LogP contribution in [0.2, 0.25) is 0 Å². The highest BCUT2D eigenvalue weighted by molar-refractivity contribution is 9.09. The number of thiophene rings is 1. The van der Waals surface area contributed by atoms with Crippen LogP contribution in [0, 0.1) is 0 Å². The average Bonchev–Trinajstić information content (AvgIpc) is 2.53. The quantitative estimate of drug-likeness (QED) is 0.714. The summed E-state index contributed by atoms with van der Waals surface area (Å²) in [5.74, 6) is 0. The van der Waals surface area contributed by atoms with Gasteiger partial charge in [0.2, 0.25) is 0 Å². The van der Waals surface area contributed by atoms with Gasteiger partial charge in [-0.05, 0) is 30.7 Å². The molecule has 1 aromatic heterocycles. The second-order valence-electron chi connectivity index (χ2n) is 2.71. The minimum Gasteiger partial charge on any atom is -0.149 e. The van der Waals surface area contributed by atoms with E-state index in [1.165, 1.54) is 24.1 Å². The van der Waals surface area contributed by atoms with Gasteiger partial charge in [-0.2, -0.15) is 0 Å². The van der Waals surface area contributed by atoms with Gasteiger partial charge in [-0.15, -0.1) is 11.3 Å². The summed E-state index contributed by atoms with van der Waals surface area (Å²) in [7, 11) is 0. The molecule has 0 aromatic carbocycles. The Labute approximate surface area is 94.6 Å². The maximum Gasteiger partial charge on any atom is 0.0194 e. The SMILES string of the molecule is BrCCCC(Br)Cc1cccs1.